The van der Waals surface area contributed by atoms with Crippen LogP contribution in [0.3, 0.4) is 0 Å². The topological polar surface area (TPSA) is 78.0 Å². The molecule has 0 saturated carbocycles. The molecule has 0 spiro atoms. The van der Waals surface area contributed by atoms with Crippen LogP contribution < -0.4 is 5.14 Å². The molecular weight excluding hydrogens is 238 g/mol. The second kappa shape index (κ2) is 4.78. The van der Waals surface area contributed by atoms with Gasteiger partial charge in [-0.2, -0.15) is 0 Å². The number of hydrogen-bond acceptors (Lipinski definition) is 3. The maximum Gasteiger partial charge on any atom is 0.257 e. The lowest BCUT2D eigenvalue weighted by Gasteiger charge is -2.18. The van der Waals surface area contributed by atoms with Crippen molar-refractivity contribution in [2.45, 2.75) is 52.1 Å². The van der Waals surface area contributed by atoms with E-state index in [0.29, 0.717) is 6.42 Å². The van der Waals surface area contributed by atoms with Gasteiger partial charge >= 0.3 is 0 Å². The molecule has 0 radical (unpaired) electrons. The van der Waals surface area contributed by atoms with Crippen LogP contribution >= 0.6 is 0 Å². The van der Waals surface area contributed by atoms with Crippen molar-refractivity contribution in [3.05, 3.63) is 12.0 Å². The molecule has 0 fully saturated rings. The first-order chi connectivity index (χ1) is 7.63. The van der Waals surface area contributed by atoms with Crippen LogP contribution in [0.15, 0.2) is 11.2 Å². The third-order valence-electron chi connectivity index (χ3n) is 2.55. The summed E-state index contributed by atoms with van der Waals surface area (Å²) >= 11 is 0. The molecule has 1 heterocycles. The first-order valence-electron chi connectivity index (χ1n) is 5.72. The van der Waals surface area contributed by atoms with Crippen LogP contribution in [0, 0.1) is 5.41 Å². The van der Waals surface area contributed by atoms with Gasteiger partial charge in [0, 0.05) is 19.2 Å². The van der Waals surface area contributed by atoms with E-state index in [1.165, 1.54) is 6.20 Å². The Balaban J connectivity index is 2.96. The number of hydrogen-bond donors (Lipinski definition) is 1. The fourth-order valence-corrected chi connectivity index (χ4v) is 2.00. The first-order valence-corrected chi connectivity index (χ1v) is 7.27. The van der Waals surface area contributed by atoms with E-state index in [0.717, 1.165) is 18.8 Å². The lowest BCUT2D eigenvalue weighted by Crippen LogP contribution is -2.12. The quantitative estimate of drug-likeness (QED) is 0.890. The van der Waals surface area contributed by atoms with Crippen LogP contribution in [0.2, 0.25) is 0 Å². The number of nitrogens with two attached hydrogens (primary N) is 1. The van der Waals surface area contributed by atoms with Gasteiger partial charge in [-0.05, 0) is 11.8 Å². The molecule has 1 aromatic heterocycles. The van der Waals surface area contributed by atoms with Crippen molar-refractivity contribution in [2.24, 2.45) is 10.6 Å². The molecule has 0 bridgehead atoms. The number of rotatable bonds is 4. The van der Waals surface area contributed by atoms with Crippen LogP contribution in [-0.2, 0) is 23.0 Å². The van der Waals surface area contributed by atoms with E-state index >= 15 is 0 Å². The standard InChI is InChI=1S/C11H21N3O2S/c1-5-9-13-10(17(12,15)16)8-14(9)7-6-11(2,3)4/h8H,5-7H2,1-4H3,(H2,12,15,16). The van der Waals surface area contributed by atoms with Crippen LogP contribution in [-0.4, -0.2) is 18.0 Å². The average Bonchev–Trinajstić information content (AvgIpc) is 2.55. The molecule has 98 valence electrons. The summed E-state index contributed by atoms with van der Waals surface area (Å²) in [6.45, 7) is 9.15. The third-order valence-corrected chi connectivity index (χ3v) is 3.33. The first kappa shape index (κ1) is 14.2. The highest BCUT2D eigenvalue weighted by Crippen LogP contribution is 2.20. The number of aryl methyl sites for hydroxylation is 2. The summed E-state index contributed by atoms with van der Waals surface area (Å²) in [5.74, 6) is 0.762. The second-order valence-corrected chi connectivity index (χ2v) is 6.91. The zero-order valence-corrected chi connectivity index (χ0v) is 11.7. The Morgan fingerprint density at radius 3 is 2.41 bits per heavy atom. The van der Waals surface area contributed by atoms with Crippen molar-refractivity contribution < 1.29 is 8.42 Å². The van der Waals surface area contributed by atoms with Gasteiger partial charge in [0.15, 0.2) is 5.03 Å². The van der Waals surface area contributed by atoms with Gasteiger partial charge < -0.3 is 4.57 Å². The molecule has 1 rings (SSSR count). The number of aromatic nitrogens is 2. The number of sulfonamides is 1. The van der Waals surface area contributed by atoms with Crippen molar-refractivity contribution >= 4 is 10.0 Å². The molecule has 0 aliphatic heterocycles. The molecule has 0 aromatic carbocycles. The maximum atomic E-state index is 11.2. The zero-order valence-electron chi connectivity index (χ0n) is 10.9. The van der Waals surface area contributed by atoms with Crippen molar-refractivity contribution in [1.29, 1.82) is 0 Å². The number of primary sulfonamides is 1. The molecule has 6 heteroatoms. The largest absolute Gasteiger partial charge is 0.333 e. The molecule has 0 aliphatic carbocycles. The van der Waals surface area contributed by atoms with Crippen LogP contribution in [0.5, 0.6) is 0 Å². The molecule has 0 amide bonds. The van der Waals surface area contributed by atoms with Gasteiger partial charge in [0.05, 0.1) is 0 Å². The third kappa shape index (κ3) is 4.12. The van der Waals surface area contributed by atoms with E-state index in [-0.39, 0.29) is 10.4 Å². The summed E-state index contributed by atoms with van der Waals surface area (Å²) in [5.41, 5.74) is 0.205. The minimum Gasteiger partial charge on any atom is -0.333 e. The fourth-order valence-electron chi connectivity index (χ4n) is 1.50. The average molecular weight is 259 g/mol. The van der Waals surface area contributed by atoms with Gasteiger partial charge in [-0.1, -0.05) is 27.7 Å². The fraction of sp³-hybridized carbons (Fsp3) is 0.727. The summed E-state index contributed by atoms with van der Waals surface area (Å²) in [7, 11) is -3.70. The Labute approximate surface area is 103 Å². The Morgan fingerprint density at radius 2 is 2.00 bits per heavy atom. The molecule has 17 heavy (non-hydrogen) atoms. The lowest BCUT2D eigenvalue weighted by molar-refractivity contribution is 0.347. The van der Waals surface area contributed by atoms with E-state index in [1.54, 1.807) is 0 Å². The Bertz CT molecular complexity index is 483. The predicted molar refractivity (Wildman–Crippen MR) is 67.1 cm³/mol. The number of imidazole rings is 1. The van der Waals surface area contributed by atoms with Gasteiger partial charge in [-0.25, -0.2) is 18.5 Å². The Morgan fingerprint density at radius 1 is 1.41 bits per heavy atom. The summed E-state index contributed by atoms with van der Waals surface area (Å²) in [4.78, 5) is 4.05. The molecule has 0 aliphatic rings. The normalized spacial score (nSPS) is 13.0. The van der Waals surface area contributed by atoms with Crippen molar-refractivity contribution in [3.8, 4) is 0 Å². The molecule has 0 atom stereocenters. The van der Waals surface area contributed by atoms with E-state index in [9.17, 15) is 8.42 Å². The minimum absolute atomic E-state index is 0.0386. The summed E-state index contributed by atoms with van der Waals surface area (Å²) in [5, 5.41) is 5.03. The summed E-state index contributed by atoms with van der Waals surface area (Å²) in [6, 6.07) is 0. The highest BCUT2D eigenvalue weighted by Gasteiger charge is 2.17. The molecule has 5 nitrogen and oxygen atoms in total. The van der Waals surface area contributed by atoms with Crippen molar-refractivity contribution in [3.63, 3.8) is 0 Å². The van der Waals surface area contributed by atoms with Crippen LogP contribution in [0.4, 0.5) is 0 Å². The smallest absolute Gasteiger partial charge is 0.257 e. The van der Waals surface area contributed by atoms with Crippen molar-refractivity contribution in [2.75, 3.05) is 0 Å². The van der Waals surface area contributed by atoms with Gasteiger partial charge in [-0.3, -0.25) is 0 Å². The van der Waals surface area contributed by atoms with Gasteiger partial charge in [0.2, 0.25) is 0 Å². The SMILES string of the molecule is CCc1nc(S(N)(=O)=O)cn1CCC(C)(C)C. The monoisotopic (exact) mass is 259 g/mol. The van der Waals surface area contributed by atoms with Gasteiger partial charge in [0.25, 0.3) is 10.0 Å². The second-order valence-electron chi connectivity index (χ2n) is 5.40. The van der Waals surface area contributed by atoms with Gasteiger partial charge in [-0.15, -0.1) is 0 Å². The Kier molecular flexibility index (Phi) is 3.99. The van der Waals surface area contributed by atoms with E-state index < -0.39 is 10.0 Å². The molecule has 1 aromatic rings. The predicted octanol–water partition coefficient (Wildman–Crippen LogP) is 1.53. The molecule has 0 saturated heterocycles. The van der Waals surface area contributed by atoms with Gasteiger partial charge in [0.1, 0.15) is 5.82 Å². The van der Waals surface area contributed by atoms with E-state index in [4.69, 9.17) is 5.14 Å². The molecule has 2 N–H and O–H groups in total. The summed E-state index contributed by atoms with van der Waals surface area (Å²) in [6.07, 6.45) is 3.18. The highest BCUT2D eigenvalue weighted by molar-refractivity contribution is 7.89. The van der Waals surface area contributed by atoms with Crippen LogP contribution in [0.1, 0.15) is 39.9 Å². The molecule has 0 unspecified atom stereocenters. The van der Waals surface area contributed by atoms with E-state index in [1.807, 2.05) is 11.5 Å². The van der Waals surface area contributed by atoms with Crippen molar-refractivity contribution in [1.82, 2.24) is 9.55 Å². The Hall–Kier alpha value is -0.880. The summed E-state index contributed by atoms with van der Waals surface area (Å²) < 4.78 is 24.3. The minimum atomic E-state index is -3.70. The lowest BCUT2D eigenvalue weighted by atomic mass is 9.92. The van der Waals surface area contributed by atoms with Crippen LogP contribution in [0.25, 0.3) is 0 Å². The molecular formula is C11H21N3O2S. The van der Waals surface area contributed by atoms with E-state index in [2.05, 4.69) is 25.8 Å². The maximum absolute atomic E-state index is 11.2. The highest BCUT2D eigenvalue weighted by atomic mass is 32.2. The zero-order chi connectivity index (χ0) is 13.3. The number of nitrogens with zero attached hydrogens (tertiary/aromatic N) is 2.